The van der Waals surface area contributed by atoms with Gasteiger partial charge in [-0.05, 0) is 49.2 Å². The number of methoxy groups -OCH3 is 1. The second-order valence-electron chi connectivity index (χ2n) is 5.94. The maximum absolute atomic E-state index is 12.4. The largest absolute Gasteiger partial charge is 0.465 e. The van der Waals surface area contributed by atoms with Gasteiger partial charge >= 0.3 is 5.97 Å². The van der Waals surface area contributed by atoms with Gasteiger partial charge in [-0.1, -0.05) is 18.2 Å². The third-order valence-electron chi connectivity index (χ3n) is 4.14. The molecule has 136 valence electrons. The molecule has 0 spiro atoms. The van der Waals surface area contributed by atoms with Crippen molar-refractivity contribution in [1.29, 1.82) is 0 Å². The number of rotatable bonds is 5. The van der Waals surface area contributed by atoms with E-state index in [1.165, 1.54) is 25.0 Å². The monoisotopic (exact) mass is 354 g/mol. The molecule has 0 saturated carbocycles. The summed E-state index contributed by atoms with van der Waals surface area (Å²) in [5.41, 5.74) is 3.52. The van der Waals surface area contributed by atoms with Gasteiger partial charge in [-0.3, -0.25) is 9.59 Å². The molecule has 6 heteroatoms. The van der Waals surface area contributed by atoms with Crippen LogP contribution in [0.25, 0.3) is 0 Å². The van der Waals surface area contributed by atoms with Crippen molar-refractivity contribution in [2.24, 2.45) is 0 Å². The molecule has 0 radical (unpaired) electrons. The van der Waals surface area contributed by atoms with Crippen LogP contribution < -0.4 is 10.2 Å². The first-order chi connectivity index (χ1) is 12.3. The van der Waals surface area contributed by atoms with Crippen LogP contribution >= 0.6 is 0 Å². The van der Waals surface area contributed by atoms with Crippen LogP contribution in [0.4, 0.5) is 11.4 Å². The van der Waals surface area contributed by atoms with E-state index in [4.69, 9.17) is 4.74 Å². The third kappa shape index (κ3) is 4.47. The molecule has 0 aliphatic heterocycles. The minimum Gasteiger partial charge on any atom is -0.465 e. The lowest BCUT2D eigenvalue weighted by atomic mass is 10.1. The zero-order chi connectivity index (χ0) is 19.3. The van der Waals surface area contributed by atoms with Crippen molar-refractivity contribution < 1.29 is 19.1 Å². The van der Waals surface area contributed by atoms with Crippen LogP contribution in [-0.4, -0.2) is 31.4 Å². The number of carbonyl (C=O) groups is 3. The van der Waals surface area contributed by atoms with Gasteiger partial charge in [-0.25, -0.2) is 4.79 Å². The van der Waals surface area contributed by atoms with Crippen LogP contribution in [0.3, 0.4) is 0 Å². The van der Waals surface area contributed by atoms with Gasteiger partial charge in [0, 0.05) is 18.3 Å². The van der Waals surface area contributed by atoms with E-state index in [0.29, 0.717) is 16.9 Å². The fraction of sp³-hybridized carbons (Fsp3) is 0.250. The maximum Gasteiger partial charge on any atom is 0.337 e. The summed E-state index contributed by atoms with van der Waals surface area (Å²) in [6, 6.07) is 12.1. The van der Waals surface area contributed by atoms with Gasteiger partial charge in [0.05, 0.1) is 12.7 Å². The first-order valence-corrected chi connectivity index (χ1v) is 8.16. The molecule has 0 atom stereocenters. The topological polar surface area (TPSA) is 75.7 Å². The summed E-state index contributed by atoms with van der Waals surface area (Å²) in [7, 11) is 1.29. The van der Waals surface area contributed by atoms with Gasteiger partial charge in [0.25, 0.3) is 0 Å². The van der Waals surface area contributed by atoms with Crippen molar-refractivity contribution >= 4 is 29.2 Å². The Bertz CT molecular complexity index is 845. The van der Waals surface area contributed by atoms with Gasteiger partial charge in [0.2, 0.25) is 11.8 Å². The predicted molar refractivity (Wildman–Crippen MR) is 100 cm³/mol. The number of hydrogen-bond acceptors (Lipinski definition) is 4. The highest BCUT2D eigenvalue weighted by atomic mass is 16.5. The van der Waals surface area contributed by atoms with Crippen molar-refractivity contribution in [2.75, 3.05) is 23.9 Å². The van der Waals surface area contributed by atoms with E-state index < -0.39 is 5.97 Å². The Balaban J connectivity index is 2.20. The summed E-state index contributed by atoms with van der Waals surface area (Å²) in [5, 5.41) is 2.83. The number of hydrogen-bond donors (Lipinski definition) is 1. The second kappa shape index (κ2) is 8.29. The highest BCUT2D eigenvalue weighted by Crippen LogP contribution is 2.20. The lowest BCUT2D eigenvalue weighted by Crippen LogP contribution is -2.36. The molecule has 26 heavy (non-hydrogen) atoms. The van der Waals surface area contributed by atoms with Gasteiger partial charge in [0.15, 0.2) is 0 Å². The summed E-state index contributed by atoms with van der Waals surface area (Å²) in [5.74, 6) is -1.13. The van der Waals surface area contributed by atoms with Gasteiger partial charge in [-0.15, -0.1) is 0 Å². The number of esters is 1. The van der Waals surface area contributed by atoms with E-state index in [2.05, 4.69) is 5.32 Å². The Hall–Kier alpha value is -3.15. The van der Waals surface area contributed by atoms with E-state index in [1.54, 1.807) is 18.2 Å². The standard InChI is InChI=1S/C20H22N2O4/c1-13-7-5-10-18(14(13)2)21-19(24)12-22(15(3)23)17-9-6-8-16(11-17)20(25)26-4/h5-11H,12H2,1-4H3,(H,21,24). The summed E-state index contributed by atoms with van der Waals surface area (Å²) < 4.78 is 4.69. The van der Waals surface area contributed by atoms with Crippen molar-refractivity contribution in [3.8, 4) is 0 Å². The molecular weight excluding hydrogens is 332 g/mol. The molecule has 0 heterocycles. The molecule has 2 amide bonds. The molecule has 2 aromatic rings. The average molecular weight is 354 g/mol. The van der Waals surface area contributed by atoms with Crippen molar-refractivity contribution in [2.45, 2.75) is 20.8 Å². The summed E-state index contributed by atoms with van der Waals surface area (Å²) in [6.07, 6.45) is 0. The van der Waals surface area contributed by atoms with Crippen LogP contribution in [0.5, 0.6) is 0 Å². The Morgan fingerprint density at radius 2 is 1.77 bits per heavy atom. The van der Waals surface area contributed by atoms with E-state index in [9.17, 15) is 14.4 Å². The van der Waals surface area contributed by atoms with E-state index >= 15 is 0 Å². The van der Waals surface area contributed by atoms with Crippen LogP contribution in [-0.2, 0) is 14.3 Å². The quantitative estimate of drug-likeness (QED) is 0.837. The molecule has 0 aliphatic carbocycles. The van der Waals surface area contributed by atoms with E-state index in [0.717, 1.165) is 11.1 Å². The number of aryl methyl sites for hydroxylation is 1. The number of carbonyl (C=O) groups excluding carboxylic acids is 3. The molecule has 1 N–H and O–H groups in total. The van der Waals surface area contributed by atoms with Crippen LogP contribution in [0, 0.1) is 13.8 Å². The third-order valence-corrected chi connectivity index (χ3v) is 4.14. The Kier molecular flexibility index (Phi) is 6.11. The molecular formula is C20H22N2O4. The molecule has 0 unspecified atom stereocenters. The SMILES string of the molecule is COC(=O)c1cccc(N(CC(=O)Nc2cccc(C)c2C)C(C)=O)c1. The lowest BCUT2D eigenvalue weighted by molar-refractivity contribution is -0.120. The summed E-state index contributed by atoms with van der Waals surface area (Å²) >= 11 is 0. The number of anilines is 2. The van der Waals surface area contributed by atoms with Gasteiger partial charge in [0.1, 0.15) is 6.54 Å². The highest BCUT2D eigenvalue weighted by molar-refractivity contribution is 6.02. The lowest BCUT2D eigenvalue weighted by Gasteiger charge is -2.21. The summed E-state index contributed by atoms with van der Waals surface area (Å²) in [4.78, 5) is 37.5. The molecule has 0 aliphatic rings. The van der Waals surface area contributed by atoms with E-state index in [1.807, 2.05) is 32.0 Å². The molecule has 0 bridgehead atoms. The fourth-order valence-electron chi connectivity index (χ4n) is 2.52. The Labute approximate surface area is 152 Å². The number of amides is 2. The minimum atomic E-state index is -0.504. The molecule has 2 aromatic carbocycles. The van der Waals surface area contributed by atoms with Gasteiger partial charge < -0.3 is 15.0 Å². The molecule has 2 rings (SSSR count). The van der Waals surface area contributed by atoms with Crippen LogP contribution in [0.2, 0.25) is 0 Å². The van der Waals surface area contributed by atoms with Gasteiger partial charge in [-0.2, -0.15) is 0 Å². The summed E-state index contributed by atoms with van der Waals surface area (Å²) in [6.45, 7) is 5.10. The highest BCUT2D eigenvalue weighted by Gasteiger charge is 2.18. The molecule has 0 fully saturated rings. The number of ether oxygens (including phenoxy) is 1. The molecule has 0 saturated heterocycles. The normalized spacial score (nSPS) is 10.2. The van der Waals surface area contributed by atoms with Crippen molar-refractivity contribution in [3.05, 3.63) is 59.2 Å². The zero-order valence-electron chi connectivity index (χ0n) is 15.3. The molecule has 6 nitrogen and oxygen atoms in total. The van der Waals surface area contributed by atoms with Crippen molar-refractivity contribution in [1.82, 2.24) is 0 Å². The van der Waals surface area contributed by atoms with Crippen LogP contribution in [0.15, 0.2) is 42.5 Å². The Morgan fingerprint density at radius 1 is 1.08 bits per heavy atom. The van der Waals surface area contributed by atoms with E-state index in [-0.39, 0.29) is 18.4 Å². The first kappa shape index (κ1) is 19.2. The predicted octanol–water partition coefficient (Wildman–Crippen LogP) is 3.08. The zero-order valence-corrected chi connectivity index (χ0v) is 15.3. The first-order valence-electron chi connectivity index (χ1n) is 8.16. The number of benzene rings is 2. The minimum absolute atomic E-state index is 0.159. The number of nitrogens with zero attached hydrogens (tertiary/aromatic N) is 1. The Morgan fingerprint density at radius 3 is 2.42 bits per heavy atom. The number of nitrogens with one attached hydrogen (secondary N) is 1. The second-order valence-corrected chi connectivity index (χ2v) is 5.94. The average Bonchev–Trinajstić information content (AvgIpc) is 2.62. The molecule has 0 aromatic heterocycles. The van der Waals surface area contributed by atoms with Crippen molar-refractivity contribution in [3.63, 3.8) is 0 Å². The fourth-order valence-corrected chi connectivity index (χ4v) is 2.52. The van der Waals surface area contributed by atoms with Crippen LogP contribution in [0.1, 0.15) is 28.4 Å². The maximum atomic E-state index is 12.4. The smallest absolute Gasteiger partial charge is 0.337 e.